The molecule has 0 atom stereocenters. The van der Waals surface area contributed by atoms with Crippen LogP contribution in [0.2, 0.25) is 0 Å². The Kier molecular flexibility index (Phi) is 4.48. The molecule has 1 N–H and O–H groups in total. The van der Waals surface area contributed by atoms with E-state index in [4.69, 9.17) is 5.26 Å². The molecule has 0 saturated heterocycles. The van der Waals surface area contributed by atoms with Crippen LogP contribution < -0.4 is 5.32 Å². The molecule has 5 heteroatoms. The number of halogens is 1. The third-order valence-electron chi connectivity index (χ3n) is 2.68. The Hall–Kier alpha value is -1.93. The van der Waals surface area contributed by atoms with Gasteiger partial charge in [0.1, 0.15) is 5.82 Å². The van der Waals surface area contributed by atoms with Crippen LogP contribution in [0.15, 0.2) is 34.8 Å². The summed E-state index contributed by atoms with van der Waals surface area (Å²) in [6.07, 6.45) is 0.453. The van der Waals surface area contributed by atoms with Crippen LogP contribution >= 0.6 is 15.9 Å². The van der Waals surface area contributed by atoms with E-state index >= 15 is 0 Å². The number of benzene rings is 1. The molecule has 0 amide bonds. The molecule has 0 fully saturated rings. The van der Waals surface area contributed by atoms with Crippen molar-refractivity contribution in [2.24, 2.45) is 0 Å². The van der Waals surface area contributed by atoms with Gasteiger partial charge in [-0.15, -0.1) is 10.2 Å². The average Bonchev–Trinajstić information content (AvgIpc) is 2.43. The normalized spacial score (nSPS) is 9.95. The van der Waals surface area contributed by atoms with Crippen LogP contribution in [0.1, 0.15) is 12.0 Å². The van der Waals surface area contributed by atoms with E-state index in [0.717, 1.165) is 21.3 Å². The highest BCUT2D eigenvalue weighted by Crippen LogP contribution is 2.25. The molecule has 1 aromatic heterocycles. The van der Waals surface area contributed by atoms with Crippen LogP contribution in [0.25, 0.3) is 11.3 Å². The molecule has 19 heavy (non-hydrogen) atoms. The van der Waals surface area contributed by atoms with Crippen molar-refractivity contribution in [1.82, 2.24) is 10.2 Å². The highest BCUT2D eigenvalue weighted by Gasteiger charge is 2.05. The van der Waals surface area contributed by atoms with Crippen molar-refractivity contribution < 1.29 is 0 Å². The summed E-state index contributed by atoms with van der Waals surface area (Å²) < 4.78 is 1.02. The van der Waals surface area contributed by atoms with Gasteiger partial charge in [-0.05, 0) is 36.8 Å². The molecule has 0 aliphatic rings. The topological polar surface area (TPSA) is 61.6 Å². The zero-order chi connectivity index (χ0) is 13.7. The van der Waals surface area contributed by atoms with E-state index in [1.165, 1.54) is 0 Å². The average molecular weight is 317 g/mol. The molecule has 1 heterocycles. The fourth-order valence-electron chi connectivity index (χ4n) is 1.69. The van der Waals surface area contributed by atoms with Crippen molar-refractivity contribution in [2.75, 3.05) is 11.9 Å². The van der Waals surface area contributed by atoms with Crippen LogP contribution in [0.3, 0.4) is 0 Å². The summed E-state index contributed by atoms with van der Waals surface area (Å²) in [7, 11) is 0. The molecule has 2 rings (SSSR count). The lowest BCUT2D eigenvalue weighted by Crippen LogP contribution is -2.03. The Bertz CT molecular complexity index is 602. The van der Waals surface area contributed by atoms with E-state index in [9.17, 15) is 0 Å². The molecule has 0 bridgehead atoms. The van der Waals surface area contributed by atoms with Crippen molar-refractivity contribution in [1.29, 1.82) is 5.26 Å². The summed E-state index contributed by atoms with van der Waals surface area (Å²) in [5.74, 6) is 0.687. The lowest BCUT2D eigenvalue weighted by Gasteiger charge is -2.07. The van der Waals surface area contributed by atoms with Gasteiger partial charge in [0.15, 0.2) is 0 Å². The maximum Gasteiger partial charge on any atom is 0.148 e. The van der Waals surface area contributed by atoms with E-state index in [2.05, 4.69) is 37.5 Å². The van der Waals surface area contributed by atoms with Gasteiger partial charge >= 0.3 is 0 Å². The van der Waals surface area contributed by atoms with Gasteiger partial charge in [-0.3, -0.25) is 0 Å². The van der Waals surface area contributed by atoms with Crippen molar-refractivity contribution in [3.05, 3.63) is 40.4 Å². The largest absolute Gasteiger partial charge is 0.368 e. The molecule has 0 spiro atoms. The molecule has 4 nitrogen and oxygen atoms in total. The Morgan fingerprint density at radius 2 is 2.11 bits per heavy atom. The summed E-state index contributed by atoms with van der Waals surface area (Å²) in [5.41, 5.74) is 3.05. The van der Waals surface area contributed by atoms with Gasteiger partial charge in [-0.1, -0.05) is 22.0 Å². The molecule has 2 aromatic rings. The summed E-state index contributed by atoms with van der Waals surface area (Å²) >= 11 is 3.46. The number of nitrogens with one attached hydrogen (secondary N) is 1. The maximum atomic E-state index is 8.46. The Morgan fingerprint density at radius 1 is 1.26 bits per heavy atom. The van der Waals surface area contributed by atoms with Gasteiger partial charge in [-0.25, -0.2) is 0 Å². The van der Waals surface area contributed by atoms with Gasteiger partial charge in [0.25, 0.3) is 0 Å². The number of nitrogens with zero attached hydrogens (tertiary/aromatic N) is 3. The lowest BCUT2D eigenvalue weighted by atomic mass is 10.1. The zero-order valence-corrected chi connectivity index (χ0v) is 12.1. The minimum atomic E-state index is 0.453. The molecule has 0 saturated carbocycles. The van der Waals surface area contributed by atoms with Gasteiger partial charge in [0, 0.05) is 16.6 Å². The first-order chi connectivity index (χ1) is 9.20. The van der Waals surface area contributed by atoms with Crippen LogP contribution in [0, 0.1) is 18.3 Å². The standard InChI is InChI=1S/C14H13BrN4/c1-10-3-4-11(15)9-12(10)13-5-6-14(19-18-13)17-8-2-7-16/h3-6,9H,2,8H2,1H3,(H,17,19). The Morgan fingerprint density at radius 3 is 2.79 bits per heavy atom. The van der Waals surface area contributed by atoms with Crippen LogP contribution in [-0.4, -0.2) is 16.7 Å². The summed E-state index contributed by atoms with van der Waals surface area (Å²) in [5, 5.41) is 19.8. The SMILES string of the molecule is Cc1ccc(Br)cc1-c1ccc(NCCC#N)nn1. The number of aromatic nitrogens is 2. The zero-order valence-electron chi connectivity index (χ0n) is 10.5. The number of anilines is 1. The van der Waals surface area contributed by atoms with E-state index in [1.54, 1.807) is 0 Å². The van der Waals surface area contributed by atoms with Gasteiger partial charge in [0.2, 0.25) is 0 Å². The van der Waals surface area contributed by atoms with E-state index in [0.29, 0.717) is 18.8 Å². The van der Waals surface area contributed by atoms with E-state index in [-0.39, 0.29) is 0 Å². The first-order valence-corrected chi connectivity index (χ1v) is 6.71. The molecule has 96 valence electrons. The van der Waals surface area contributed by atoms with Gasteiger partial charge < -0.3 is 5.32 Å². The summed E-state index contributed by atoms with van der Waals surface area (Å²) in [6, 6.07) is 12.0. The minimum absolute atomic E-state index is 0.453. The van der Waals surface area contributed by atoms with Crippen molar-refractivity contribution >= 4 is 21.7 Å². The molecular formula is C14H13BrN4. The third kappa shape index (κ3) is 3.52. The number of rotatable bonds is 4. The fraction of sp³-hybridized carbons (Fsp3) is 0.214. The lowest BCUT2D eigenvalue weighted by molar-refractivity contribution is 0.991. The minimum Gasteiger partial charge on any atom is -0.368 e. The third-order valence-corrected chi connectivity index (χ3v) is 3.18. The second kappa shape index (κ2) is 6.30. The highest BCUT2D eigenvalue weighted by atomic mass is 79.9. The van der Waals surface area contributed by atoms with Crippen molar-refractivity contribution in [3.63, 3.8) is 0 Å². The monoisotopic (exact) mass is 316 g/mol. The van der Waals surface area contributed by atoms with E-state index in [1.807, 2.05) is 37.3 Å². The van der Waals surface area contributed by atoms with Crippen molar-refractivity contribution in [3.8, 4) is 17.3 Å². The fourth-order valence-corrected chi connectivity index (χ4v) is 2.05. The first kappa shape index (κ1) is 13.5. The number of nitriles is 1. The quantitative estimate of drug-likeness (QED) is 0.876. The second-order valence-electron chi connectivity index (χ2n) is 4.10. The first-order valence-electron chi connectivity index (χ1n) is 5.92. The molecule has 0 aliphatic heterocycles. The second-order valence-corrected chi connectivity index (χ2v) is 5.01. The van der Waals surface area contributed by atoms with Crippen LogP contribution in [0.4, 0.5) is 5.82 Å². The van der Waals surface area contributed by atoms with Crippen molar-refractivity contribution in [2.45, 2.75) is 13.3 Å². The predicted octanol–water partition coefficient (Wildman–Crippen LogP) is 3.54. The van der Waals surface area contributed by atoms with Crippen LogP contribution in [0.5, 0.6) is 0 Å². The molecule has 1 aromatic carbocycles. The number of hydrogen-bond donors (Lipinski definition) is 1. The smallest absolute Gasteiger partial charge is 0.148 e. The van der Waals surface area contributed by atoms with Gasteiger partial charge in [-0.2, -0.15) is 5.26 Å². The Balaban J connectivity index is 2.18. The maximum absolute atomic E-state index is 8.46. The summed E-state index contributed by atoms with van der Waals surface area (Å²) in [6.45, 7) is 2.63. The van der Waals surface area contributed by atoms with E-state index < -0.39 is 0 Å². The molecule has 0 aliphatic carbocycles. The molecule has 0 unspecified atom stereocenters. The highest BCUT2D eigenvalue weighted by molar-refractivity contribution is 9.10. The summed E-state index contributed by atoms with van der Waals surface area (Å²) in [4.78, 5) is 0. The predicted molar refractivity (Wildman–Crippen MR) is 78.6 cm³/mol. The number of hydrogen-bond acceptors (Lipinski definition) is 4. The Labute approximate surface area is 120 Å². The van der Waals surface area contributed by atoms with Gasteiger partial charge in [0.05, 0.1) is 18.2 Å². The molecule has 0 radical (unpaired) electrons. The number of aryl methyl sites for hydroxylation is 1. The van der Waals surface area contributed by atoms with Crippen LogP contribution in [-0.2, 0) is 0 Å². The molecular weight excluding hydrogens is 304 g/mol.